The van der Waals surface area contributed by atoms with Crippen molar-refractivity contribution in [3.63, 3.8) is 0 Å². The number of ether oxygens (including phenoxy) is 1. The topological polar surface area (TPSA) is 87.0 Å². The number of thiophene rings is 1. The first-order chi connectivity index (χ1) is 10.7. The molecule has 0 aliphatic carbocycles. The predicted octanol–water partition coefficient (Wildman–Crippen LogP) is 2.78. The maximum absolute atomic E-state index is 12.5. The van der Waals surface area contributed by atoms with Crippen LogP contribution in [-0.4, -0.2) is 24.5 Å². The van der Waals surface area contributed by atoms with Gasteiger partial charge >= 0.3 is 0 Å². The van der Waals surface area contributed by atoms with Crippen LogP contribution in [0.2, 0.25) is 0 Å². The Labute approximate surface area is 136 Å². The zero-order valence-corrected chi connectivity index (χ0v) is 13.9. The number of rotatable bonds is 7. The van der Waals surface area contributed by atoms with E-state index in [1.165, 1.54) is 22.7 Å². The standard InChI is InChI=1S/C14H16N4O2S2/c1-3-16-14-18-10(8-20-2)12(22-14)13(19)17-9(7-15)11-5-4-6-21-11/h4-6,9H,3,8H2,1-2H3,(H,16,18)(H,17,19). The number of carbonyl (C=O) groups is 1. The molecule has 6 nitrogen and oxygen atoms in total. The summed E-state index contributed by atoms with van der Waals surface area (Å²) in [5.74, 6) is -0.311. The van der Waals surface area contributed by atoms with Crippen LogP contribution in [0.5, 0.6) is 0 Å². The van der Waals surface area contributed by atoms with E-state index in [1.807, 2.05) is 24.4 Å². The molecule has 116 valence electrons. The Balaban J connectivity index is 2.19. The summed E-state index contributed by atoms with van der Waals surface area (Å²) in [5, 5.41) is 17.6. The van der Waals surface area contributed by atoms with E-state index in [2.05, 4.69) is 21.7 Å². The van der Waals surface area contributed by atoms with Crippen LogP contribution in [0.3, 0.4) is 0 Å². The average molecular weight is 336 g/mol. The maximum Gasteiger partial charge on any atom is 0.264 e. The predicted molar refractivity (Wildman–Crippen MR) is 87.1 cm³/mol. The van der Waals surface area contributed by atoms with Gasteiger partial charge in [-0.2, -0.15) is 5.26 Å². The van der Waals surface area contributed by atoms with Crippen molar-refractivity contribution in [3.05, 3.63) is 33.0 Å². The summed E-state index contributed by atoms with van der Waals surface area (Å²) in [5.41, 5.74) is 0.573. The van der Waals surface area contributed by atoms with Gasteiger partial charge < -0.3 is 15.4 Å². The monoisotopic (exact) mass is 336 g/mol. The number of hydrogen-bond acceptors (Lipinski definition) is 7. The second kappa shape index (κ2) is 7.89. The minimum Gasteiger partial charge on any atom is -0.378 e. The van der Waals surface area contributed by atoms with Gasteiger partial charge in [0, 0.05) is 18.5 Å². The van der Waals surface area contributed by atoms with Crippen molar-refractivity contribution in [1.29, 1.82) is 5.26 Å². The average Bonchev–Trinajstić information content (AvgIpc) is 3.15. The highest BCUT2D eigenvalue weighted by Gasteiger charge is 2.22. The number of amides is 1. The number of nitrogens with one attached hydrogen (secondary N) is 2. The number of carbonyl (C=O) groups excluding carboxylic acids is 1. The first-order valence-corrected chi connectivity index (χ1v) is 8.35. The van der Waals surface area contributed by atoms with E-state index in [0.717, 1.165) is 11.4 Å². The van der Waals surface area contributed by atoms with Crippen LogP contribution in [-0.2, 0) is 11.3 Å². The smallest absolute Gasteiger partial charge is 0.264 e. The van der Waals surface area contributed by atoms with Crippen LogP contribution in [0.15, 0.2) is 17.5 Å². The minimum atomic E-state index is -0.660. The van der Waals surface area contributed by atoms with Gasteiger partial charge in [0.15, 0.2) is 11.2 Å². The highest BCUT2D eigenvalue weighted by molar-refractivity contribution is 7.17. The molecule has 0 spiro atoms. The molecule has 0 aromatic carbocycles. The molecule has 0 aliphatic heterocycles. The van der Waals surface area contributed by atoms with Crippen LogP contribution < -0.4 is 10.6 Å². The molecule has 2 N–H and O–H groups in total. The van der Waals surface area contributed by atoms with Crippen molar-refractivity contribution < 1.29 is 9.53 Å². The summed E-state index contributed by atoms with van der Waals surface area (Å²) in [7, 11) is 1.55. The molecule has 2 aromatic heterocycles. The molecule has 2 rings (SSSR count). The molecule has 0 radical (unpaired) electrons. The molecule has 1 unspecified atom stereocenters. The molecule has 0 saturated carbocycles. The summed E-state index contributed by atoms with van der Waals surface area (Å²) < 4.78 is 5.09. The summed E-state index contributed by atoms with van der Waals surface area (Å²) in [6, 6.07) is 5.12. The molecule has 22 heavy (non-hydrogen) atoms. The summed E-state index contributed by atoms with van der Waals surface area (Å²) in [4.78, 5) is 18.1. The van der Waals surface area contributed by atoms with E-state index in [9.17, 15) is 10.1 Å². The Morgan fingerprint density at radius 2 is 2.41 bits per heavy atom. The van der Waals surface area contributed by atoms with E-state index in [0.29, 0.717) is 15.7 Å². The summed E-state index contributed by atoms with van der Waals surface area (Å²) in [6.07, 6.45) is 0. The Morgan fingerprint density at radius 1 is 1.59 bits per heavy atom. The normalized spacial score (nSPS) is 11.7. The molecular formula is C14H16N4O2S2. The fourth-order valence-electron chi connectivity index (χ4n) is 1.81. The van der Waals surface area contributed by atoms with E-state index < -0.39 is 6.04 Å². The SMILES string of the molecule is CCNc1nc(COC)c(C(=O)NC(C#N)c2cccs2)s1. The molecule has 0 bridgehead atoms. The second-order valence-corrected chi connectivity index (χ2v) is 6.29. The van der Waals surface area contributed by atoms with Gasteiger partial charge in [-0.1, -0.05) is 17.4 Å². The molecule has 2 heterocycles. The number of thiazole rings is 1. The maximum atomic E-state index is 12.5. The third-order valence-corrected chi connectivity index (χ3v) is 4.74. The first kappa shape index (κ1) is 16.4. The Morgan fingerprint density at radius 3 is 3.00 bits per heavy atom. The second-order valence-electron chi connectivity index (χ2n) is 4.31. The van der Waals surface area contributed by atoms with Gasteiger partial charge in [0.1, 0.15) is 4.88 Å². The Hall–Kier alpha value is -1.95. The third-order valence-electron chi connectivity index (χ3n) is 2.74. The molecule has 0 fully saturated rings. The lowest BCUT2D eigenvalue weighted by molar-refractivity contribution is 0.0944. The fourth-order valence-corrected chi connectivity index (χ4v) is 3.47. The number of nitriles is 1. The highest BCUT2D eigenvalue weighted by Crippen LogP contribution is 2.25. The van der Waals surface area contributed by atoms with Crippen LogP contribution >= 0.6 is 22.7 Å². The lowest BCUT2D eigenvalue weighted by Gasteiger charge is -2.09. The zero-order chi connectivity index (χ0) is 15.9. The zero-order valence-electron chi connectivity index (χ0n) is 12.3. The Kier molecular flexibility index (Phi) is 5.89. The third kappa shape index (κ3) is 3.82. The van der Waals surface area contributed by atoms with Gasteiger partial charge in [-0.15, -0.1) is 11.3 Å². The molecule has 0 aliphatic rings. The number of methoxy groups -OCH3 is 1. The van der Waals surface area contributed by atoms with Gasteiger partial charge in [0.05, 0.1) is 18.4 Å². The molecule has 1 atom stereocenters. The lowest BCUT2D eigenvalue weighted by Crippen LogP contribution is -2.27. The van der Waals surface area contributed by atoms with Crippen LogP contribution in [0.1, 0.15) is 33.2 Å². The summed E-state index contributed by atoms with van der Waals surface area (Å²) in [6.45, 7) is 2.93. The van der Waals surface area contributed by atoms with Crippen LogP contribution in [0, 0.1) is 11.3 Å². The van der Waals surface area contributed by atoms with Crippen molar-refractivity contribution in [2.75, 3.05) is 19.0 Å². The fraction of sp³-hybridized carbons (Fsp3) is 0.357. The van der Waals surface area contributed by atoms with Crippen molar-refractivity contribution in [2.45, 2.75) is 19.6 Å². The largest absolute Gasteiger partial charge is 0.378 e. The number of anilines is 1. The van der Waals surface area contributed by atoms with Crippen molar-refractivity contribution in [2.24, 2.45) is 0 Å². The van der Waals surface area contributed by atoms with Gasteiger partial charge in [-0.3, -0.25) is 4.79 Å². The molecule has 8 heteroatoms. The number of aromatic nitrogens is 1. The van der Waals surface area contributed by atoms with Gasteiger partial charge in [-0.25, -0.2) is 4.98 Å². The quantitative estimate of drug-likeness (QED) is 0.812. The van der Waals surface area contributed by atoms with Crippen LogP contribution in [0.4, 0.5) is 5.13 Å². The lowest BCUT2D eigenvalue weighted by atomic mass is 10.2. The number of nitrogens with zero attached hydrogens (tertiary/aromatic N) is 2. The van der Waals surface area contributed by atoms with E-state index in [1.54, 1.807) is 7.11 Å². The molecule has 1 amide bonds. The number of hydrogen-bond donors (Lipinski definition) is 2. The minimum absolute atomic E-state index is 0.251. The van der Waals surface area contributed by atoms with Crippen molar-refractivity contribution in [1.82, 2.24) is 10.3 Å². The summed E-state index contributed by atoms with van der Waals surface area (Å²) >= 11 is 2.70. The first-order valence-electron chi connectivity index (χ1n) is 6.66. The molecule has 2 aromatic rings. The van der Waals surface area contributed by atoms with Crippen molar-refractivity contribution in [3.8, 4) is 6.07 Å². The van der Waals surface area contributed by atoms with Crippen LogP contribution in [0.25, 0.3) is 0 Å². The Bertz CT molecular complexity index is 661. The van der Waals surface area contributed by atoms with Gasteiger partial charge in [0.2, 0.25) is 0 Å². The van der Waals surface area contributed by atoms with E-state index in [4.69, 9.17) is 4.74 Å². The highest BCUT2D eigenvalue weighted by atomic mass is 32.1. The van der Waals surface area contributed by atoms with Crippen molar-refractivity contribution >= 4 is 33.7 Å². The van der Waals surface area contributed by atoms with Gasteiger partial charge in [-0.05, 0) is 18.4 Å². The van der Waals surface area contributed by atoms with Gasteiger partial charge in [0.25, 0.3) is 5.91 Å². The molecule has 0 saturated heterocycles. The molecular weight excluding hydrogens is 320 g/mol. The van der Waals surface area contributed by atoms with E-state index >= 15 is 0 Å². The van der Waals surface area contributed by atoms with E-state index in [-0.39, 0.29) is 12.5 Å².